The third-order valence-corrected chi connectivity index (χ3v) is 4.33. The number of hydrogen-bond donors (Lipinski definition) is 2. The highest BCUT2D eigenvalue weighted by Crippen LogP contribution is 2.13. The molecule has 0 saturated heterocycles. The van der Waals surface area contributed by atoms with E-state index in [1.165, 1.54) is 12.1 Å². The summed E-state index contributed by atoms with van der Waals surface area (Å²) < 4.78 is 10.6. The molecule has 2 N–H and O–H groups in total. The third kappa shape index (κ3) is 4.29. The topological polar surface area (TPSA) is 105 Å². The molecule has 0 bridgehead atoms. The largest absolute Gasteiger partial charge is 0.454 e. The first-order valence-electron chi connectivity index (χ1n) is 8.96. The van der Waals surface area contributed by atoms with Crippen LogP contribution in [0.1, 0.15) is 40.5 Å². The molecule has 3 aromatic rings. The number of fused-ring (bicyclic) bond motifs is 1. The van der Waals surface area contributed by atoms with E-state index in [0.29, 0.717) is 23.3 Å². The molecule has 0 radical (unpaired) electrons. The first-order valence-corrected chi connectivity index (χ1v) is 8.96. The van der Waals surface area contributed by atoms with Gasteiger partial charge in [0.2, 0.25) is 0 Å². The molecule has 3 rings (SSSR count). The number of benzene rings is 1. The van der Waals surface area contributed by atoms with E-state index in [-0.39, 0.29) is 11.3 Å². The van der Waals surface area contributed by atoms with Crippen molar-refractivity contribution in [3.8, 4) is 0 Å². The highest BCUT2D eigenvalue weighted by Gasteiger charge is 2.17. The summed E-state index contributed by atoms with van der Waals surface area (Å²) in [7, 11) is 0. The zero-order valence-corrected chi connectivity index (χ0v) is 15.7. The van der Waals surface area contributed by atoms with Crippen molar-refractivity contribution < 1.29 is 18.4 Å². The van der Waals surface area contributed by atoms with Gasteiger partial charge in [0.25, 0.3) is 5.91 Å². The number of nitrogens with zero attached hydrogens (tertiary/aromatic N) is 1. The van der Waals surface area contributed by atoms with Gasteiger partial charge < -0.3 is 8.83 Å². The molecule has 0 aliphatic heterocycles. The quantitative estimate of drug-likeness (QED) is 0.500. The lowest BCUT2D eigenvalue weighted by atomic mass is 10.2. The third-order valence-electron chi connectivity index (χ3n) is 4.33. The molecule has 2 aromatic heterocycles. The Balaban J connectivity index is 1.65. The Morgan fingerprint density at radius 1 is 0.964 bits per heavy atom. The van der Waals surface area contributed by atoms with Crippen LogP contribution < -0.4 is 16.5 Å². The number of para-hydroxylation sites is 1. The molecule has 1 aromatic carbocycles. The van der Waals surface area contributed by atoms with Crippen LogP contribution in [-0.2, 0) is 6.54 Å². The fourth-order valence-corrected chi connectivity index (χ4v) is 2.72. The molecule has 8 nitrogen and oxygen atoms in total. The maximum Gasteiger partial charge on any atom is 0.349 e. The summed E-state index contributed by atoms with van der Waals surface area (Å²) in [5.74, 6) is -0.685. The standard InChI is InChI=1S/C20H21N3O5/c1-3-23(4-2)12-14-9-10-17(27-14)19(25)22-21-18(24)15-11-13-7-5-6-8-16(13)28-20(15)26/h5-11H,3-4,12H2,1-2H3,(H,21,24)(H,22,25). The fourth-order valence-electron chi connectivity index (χ4n) is 2.72. The molecule has 0 unspecified atom stereocenters. The monoisotopic (exact) mass is 383 g/mol. The van der Waals surface area contributed by atoms with Crippen molar-refractivity contribution in [3.05, 3.63) is 70.0 Å². The molecule has 146 valence electrons. The van der Waals surface area contributed by atoms with Gasteiger partial charge in [0.05, 0.1) is 6.54 Å². The number of nitrogens with one attached hydrogen (secondary N) is 2. The molecule has 2 amide bonds. The van der Waals surface area contributed by atoms with Crippen molar-refractivity contribution in [2.24, 2.45) is 0 Å². The lowest BCUT2D eigenvalue weighted by Crippen LogP contribution is -2.43. The number of hydrogen-bond acceptors (Lipinski definition) is 6. The highest BCUT2D eigenvalue weighted by atomic mass is 16.4. The van der Waals surface area contributed by atoms with Crippen LogP contribution in [0.5, 0.6) is 0 Å². The van der Waals surface area contributed by atoms with Crippen LogP contribution in [0.2, 0.25) is 0 Å². The number of carbonyl (C=O) groups is 2. The minimum atomic E-state index is -0.787. The van der Waals surface area contributed by atoms with Crippen LogP contribution in [0, 0.1) is 0 Å². The van der Waals surface area contributed by atoms with Crippen molar-refractivity contribution in [1.82, 2.24) is 15.8 Å². The number of rotatable bonds is 6. The average molecular weight is 383 g/mol. The predicted molar refractivity (Wildman–Crippen MR) is 103 cm³/mol. The fraction of sp³-hybridized carbons (Fsp3) is 0.250. The van der Waals surface area contributed by atoms with E-state index in [9.17, 15) is 14.4 Å². The van der Waals surface area contributed by atoms with Gasteiger partial charge in [0.15, 0.2) is 5.76 Å². The van der Waals surface area contributed by atoms with Crippen molar-refractivity contribution >= 4 is 22.8 Å². The Labute approximate surface area is 161 Å². The van der Waals surface area contributed by atoms with E-state index in [2.05, 4.69) is 15.8 Å². The molecule has 0 aliphatic carbocycles. The van der Waals surface area contributed by atoms with Gasteiger partial charge in [0, 0.05) is 5.39 Å². The Morgan fingerprint density at radius 3 is 2.43 bits per heavy atom. The van der Waals surface area contributed by atoms with Crippen molar-refractivity contribution in [2.45, 2.75) is 20.4 Å². The number of amides is 2. The Bertz CT molecular complexity index is 1050. The van der Waals surface area contributed by atoms with Gasteiger partial charge in [-0.1, -0.05) is 32.0 Å². The molecule has 0 atom stereocenters. The maximum absolute atomic E-state index is 12.3. The van der Waals surface area contributed by atoms with Crippen molar-refractivity contribution in [2.75, 3.05) is 13.1 Å². The van der Waals surface area contributed by atoms with Crippen LogP contribution in [-0.4, -0.2) is 29.8 Å². The normalized spacial score (nSPS) is 11.0. The number of carbonyl (C=O) groups excluding carboxylic acids is 2. The van der Waals surface area contributed by atoms with E-state index in [1.54, 1.807) is 30.3 Å². The van der Waals surface area contributed by atoms with Gasteiger partial charge in [-0.05, 0) is 37.4 Å². The van der Waals surface area contributed by atoms with Crippen LogP contribution >= 0.6 is 0 Å². The minimum absolute atomic E-state index is 0.0630. The molecule has 8 heteroatoms. The minimum Gasteiger partial charge on any atom is -0.454 e. The lowest BCUT2D eigenvalue weighted by Gasteiger charge is -2.15. The second-order valence-corrected chi connectivity index (χ2v) is 6.12. The first-order chi connectivity index (χ1) is 13.5. The van der Waals surface area contributed by atoms with Crippen LogP contribution in [0.25, 0.3) is 11.0 Å². The smallest absolute Gasteiger partial charge is 0.349 e. The van der Waals surface area contributed by atoms with Gasteiger partial charge in [-0.25, -0.2) is 4.79 Å². The zero-order valence-electron chi connectivity index (χ0n) is 15.7. The van der Waals surface area contributed by atoms with Gasteiger partial charge >= 0.3 is 11.5 Å². The Kier molecular flexibility index (Phi) is 5.90. The summed E-state index contributed by atoms with van der Waals surface area (Å²) in [4.78, 5) is 38.6. The number of hydrazine groups is 1. The number of furan rings is 1. The zero-order chi connectivity index (χ0) is 20.1. The summed E-state index contributed by atoms with van der Waals surface area (Å²) in [6.45, 7) is 6.40. The SMILES string of the molecule is CCN(CC)Cc1ccc(C(=O)NNC(=O)c2cc3ccccc3oc2=O)o1. The van der Waals surface area contributed by atoms with E-state index < -0.39 is 17.4 Å². The average Bonchev–Trinajstić information content (AvgIpc) is 3.18. The molecular formula is C20H21N3O5. The van der Waals surface area contributed by atoms with E-state index in [0.717, 1.165) is 13.1 Å². The van der Waals surface area contributed by atoms with Gasteiger partial charge in [-0.2, -0.15) is 0 Å². The highest BCUT2D eigenvalue weighted by molar-refractivity contribution is 5.99. The molecule has 28 heavy (non-hydrogen) atoms. The predicted octanol–water partition coefficient (Wildman–Crippen LogP) is 2.30. The van der Waals surface area contributed by atoms with Crippen molar-refractivity contribution in [1.29, 1.82) is 0 Å². The van der Waals surface area contributed by atoms with Crippen LogP contribution in [0.3, 0.4) is 0 Å². The van der Waals surface area contributed by atoms with Crippen LogP contribution in [0.4, 0.5) is 0 Å². The van der Waals surface area contributed by atoms with E-state index in [4.69, 9.17) is 8.83 Å². The van der Waals surface area contributed by atoms with E-state index >= 15 is 0 Å². The summed E-state index contributed by atoms with van der Waals surface area (Å²) in [5, 5.41) is 0.602. The molecule has 2 heterocycles. The van der Waals surface area contributed by atoms with Crippen molar-refractivity contribution in [3.63, 3.8) is 0 Å². The summed E-state index contributed by atoms with van der Waals surface area (Å²) in [6.07, 6.45) is 0. The van der Waals surface area contributed by atoms with Crippen LogP contribution in [0.15, 0.2) is 56.1 Å². The van der Waals surface area contributed by atoms with E-state index in [1.807, 2.05) is 13.8 Å². The summed E-state index contributed by atoms with van der Waals surface area (Å²) in [6, 6.07) is 11.5. The lowest BCUT2D eigenvalue weighted by molar-refractivity contribution is 0.0827. The Hall–Kier alpha value is -3.39. The summed E-state index contributed by atoms with van der Waals surface area (Å²) >= 11 is 0. The molecule has 0 saturated carbocycles. The van der Waals surface area contributed by atoms with Gasteiger partial charge in [-0.3, -0.25) is 25.3 Å². The van der Waals surface area contributed by atoms with Gasteiger partial charge in [0.1, 0.15) is 16.9 Å². The molecule has 0 aliphatic rings. The molecule has 0 fully saturated rings. The van der Waals surface area contributed by atoms with Gasteiger partial charge in [-0.15, -0.1) is 0 Å². The molecule has 0 spiro atoms. The maximum atomic E-state index is 12.3. The second kappa shape index (κ2) is 8.53. The second-order valence-electron chi connectivity index (χ2n) is 6.12. The first kappa shape index (κ1) is 19.4. The Morgan fingerprint density at radius 2 is 1.68 bits per heavy atom. The molecular weight excluding hydrogens is 362 g/mol. The summed E-state index contributed by atoms with van der Waals surface area (Å²) in [5.41, 5.74) is 3.83.